The molecule has 13 heteroatoms. The van der Waals surface area contributed by atoms with Crippen LogP contribution in [-0.2, 0) is 9.53 Å². The summed E-state index contributed by atoms with van der Waals surface area (Å²) in [5.74, 6) is 0.123. The summed E-state index contributed by atoms with van der Waals surface area (Å²) in [5.41, 5.74) is 4.23. The molecule has 2 saturated heterocycles. The number of hydrogen-bond donors (Lipinski definition) is 2. The number of fused-ring (bicyclic) bond motifs is 1. The second-order valence-corrected chi connectivity index (χ2v) is 11.2. The maximum atomic E-state index is 13.2. The van der Waals surface area contributed by atoms with Gasteiger partial charge < -0.3 is 20.3 Å². The number of likely N-dealkylation sites (tertiary alicyclic amines) is 1. The Labute approximate surface area is 236 Å². The molecule has 4 aromatic rings. The number of ether oxygens (including phenoxy) is 1. The van der Waals surface area contributed by atoms with Crippen molar-refractivity contribution in [1.82, 2.24) is 34.7 Å². The normalized spacial score (nSPS) is 16.8. The second kappa shape index (κ2) is 10.8. The highest BCUT2D eigenvalue weighted by Gasteiger charge is 2.34. The fourth-order valence-electron chi connectivity index (χ4n) is 5.21. The number of nitrogens with zero attached hydrogens (tertiary/aromatic N) is 8. The summed E-state index contributed by atoms with van der Waals surface area (Å²) in [6.07, 6.45) is 6.91. The molecule has 6 rings (SSSR count). The quantitative estimate of drug-likeness (QED) is 0.348. The maximum absolute atomic E-state index is 13.2. The molecule has 0 saturated carbocycles. The summed E-state index contributed by atoms with van der Waals surface area (Å²) in [5, 5.41) is 14.0. The molecular weight excluding hydrogens is 524 g/mol. The fourth-order valence-corrected chi connectivity index (χ4v) is 5.21. The molecule has 212 valence electrons. The molecule has 0 spiro atoms. The van der Waals surface area contributed by atoms with Gasteiger partial charge in [0.2, 0.25) is 11.9 Å². The van der Waals surface area contributed by atoms with Gasteiger partial charge in [0.1, 0.15) is 0 Å². The highest BCUT2D eigenvalue weighted by Crippen LogP contribution is 2.28. The number of aryl methyl sites for hydroxylation is 1. The summed E-state index contributed by atoms with van der Waals surface area (Å²) < 4.78 is 6.95. The van der Waals surface area contributed by atoms with Gasteiger partial charge in [0.25, 0.3) is 5.91 Å². The first-order valence-electron chi connectivity index (χ1n) is 13.5. The van der Waals surface area contributed by atoms with E-state index >= 15 is 0 Å². The minimum Gasteiger partial charge on any atom is -0.378 e. The SMILES string of the molecule is Cc1ncc(NC(=O)CN2CC(C)(C)C2)cc1NC(=O)c1nnn2cc(-c3cnc(N4CCOCC4)nc3)ccc12. The molecule has 4 aromatic heterocycles. The smallest absolute Gasteiger partial charge is 0.278 e. The number of pyridine rings is 2. The van der Waals surface area contributed by atoms with Crippen LogP contribution in [0.5, 0.6) is 0 Å². The predicted molar refractivity (Wildman–Crippen MR) is 153 cm³/mol. The van der Waals surface area contributed by atoms with Gasteiger partial charge in [0.05, 0.1) is 48.5 Å². The third kappa shape index (κ3) is 5.86. The van der Waals surface area contributed by atoms with Gasteiger partial charge in [-0.25, -0.2) is 14.5 Å². The summed E-state index contributed by atoms with van der Waals surface area (Å²) in [4.78, 5) is 43.2. The Kier molecular flexibility index (Phi) is 7.05. The van der Waals surface area contributed by atoms with Crippen molar-refractivity contribution in [3.63, 3.8) is 0 Å². The van der Waals surface area contributed by atoms with E-state index in [0.29, 0.717) is 48.3 Å². The molecule has 2 aliphatic heterocycles. The Balaban J connectivity index is 1.13. The lowest BCUT2D eigenvalue weighted by Crippen LogP contribution is -2.54. The number of hydrogen-bond acceptors (Lipinski definition) is 10. The number of carbonyl (C=O) groups is 2. The maximum Gasteiger partial charge on any atom is 0.278 e. The zero-order valence-electron chi connectivity index (χ0n) is 23.3. The standard InChI is InChI=1S/C28H32N10O3/c1-18-22(10-21(13-29-18)32-24(39)15-36-16-28(2,3)17-36)33-26(40)25-23-5-4-19(14-38(23)35-34-25)20-11-30-27(31-12-20)37-6-8-41-9-7-37/h4-5,10-14H,6-9,15-17H2,1-3H3,(H,32,39)(H,33,40). The molecular formula is C28H32N10O3. The van der Waals surface area contributed by atoms with Gasteiger partial charge in [0.15, 0.2) is 5.69 Å². The van der Waals surface area contributed by atoms with Crippen LogP contribution in [0.1, 0.15) is 30.0 Å². The molecule has 2 amide bonds. The van der Waals surface area contributed by atoms with Crippen LogP contribution in [0.2, 0.25) is 0 Å². The summed E-state index contributed by atoms with van der Waals surface area (Å²) >= 11 is 0. The van der Waals surface area contributed by atoms with E-state index < -0.39 is 5.91 Å². The van der Waals surface area contributed by atoms with Gasteiger partial charge in [-0.3, -0.25) is 19.5 Å². The molecule has 6 heterocycles. The number of carbonyl (C=O) groups excluding carboxylic acids is 2. The molecule has 0 bridgehead atoms. The number of amides is 2. The molecule has 0 unspecified atom stereocenters. The molecule has 0 atom stereocenters. The lowest BCUT2D eigenvalue weighted by atomic mass is 9.84. The van der Waals surface area contributed by atoms with Gasteiger partial charge in [-0.1, -0.05) is 25.1 Å². The van der Waals surface area contributed by atoms with Crippen molar-refractivity contribution in [3.8, 4) is 11.1 Å². The monoisotopic (exact) mass is 556 g/mol. The minimum atomic E-state index is -0.429. The van der Waals surface area contributed by atoms with Crippen LogP contribution < -0.4 is 15.5 Å². The summed E-state index contributed by atoms with van der Waals surface area (Å²) in [7, 11) is 0. The zero-order valence-corrected chi connectivity index (χ0v) is 23.3. The molecule has 2 fully saturated rings. The van der Waals surface area contributed by atoms with Crippen LogP contribution in [-0.4, -0.2) is 92.4 Å². The Morgan fingerprint density at radius 2 is 1.76 bits per heavy atom. The highest BCUT2D eigenvalue weighted by molar-refractivity contribution is 6.08. The lowest BCUT2D eigenvalue weighted by Gasteiger charge is -2.45. The van der Waals surface area contributed by atoms with Crippen LogP contribution in [0.4, 0.5) is 17.3 Å². The van der Waals surface area contributed by atoms with Crippen LogP contribution in [0.25, 0.3) is 16.6 Å². The van der Waals surface area contributed by atoms with Gasteiger partial charge in [-0.15, -0.1) is 5.10 Å². The van der Waals surface area contributed by atoms with Gasteiger partial charge in [0, 0.05) is 55.9 Å². The predicted octanol–water partition coefficient (Wildman–Crippen LogP) is 2.26. The summed E-state index contributed by atoms with van der Waals surface area (Å²) in [6, 6.07) is 5.37. The van der Waals surface area contributed by atoms with Crippen molar-refractivity contribution in [2.75, 3.05) is 61.5 Å². The molecule has 0 aromatic carbocycles. The van der Waals surface area contributed by atoms with Crippen molar-refractivity contribution >= 4 is 34.7 Å². The lowest BCUT2D eigenvalue weighted by molar-refractivity contribution is -0.120. The van der Waals surface area contributed by atoms with E-state index in [9.17, 15) is 9.59 Å². The van der Waals surface area contributed by atoms with Gasteiger partial charge >= 0.3 is 0 Å². The van der Waals surface area contributed by atoms with E-state index in [1.807, 2.05) is 6.07 Å². The fraction of sp³-hybridized carbons (Fsp3) is 0.393. The highest BCUT2D eigenvalue weighted by atomic mass is 16.5. The first-order valence-corrected chi connectivity index (χ1v) is 13.5. The van der Waals surface area contributed by atoms with Crippen molar-refractivity contribution in [2.24, 2.45) is 5.41 Å². The average Bonchev–Trinajstić information content (AvgIpc) is 3.38. The topological polar surface area (TPSA) is 143 Å². The minimum absolute atomic E-state index is 0.121. The molecule has 2 N–H and O–H groups in total. The second-order valence-electron chi connectivity index (χ2n) is 11.2. The summed E-state index contributed by atoms with van der Waals surface area (Å²) in [6.45, 7) is 11.1. The van der Waals surface area contributed by atoms with E-state index in [1.165, 1.54) is 0 Å². The van der Waals surface area contributed by atoms with E-state index in [0.717, 1.165) is 37.3 Å². The Morgan fingerprint density at radius 1 is 1.00 bits per heavy atom. The Morgan fingerprint density at radius 3 is 2.49 bits per heavy atom. The van der Waals surface area contributed by atoms with Gasteiger partial charge in [-0.05, 0) is 24.5 Å². The van der Waals surface area contributed by atoms with Crippen molar-refractivity contribution in [2.45, 2.75) is 20.8 Å². The number of morpholine rings is 1. The number of nitrogens with one attached hydrogen (secondary N) is 2. The number of aromatic nitrogens is 6. The van der Waals surface area contributed by atoms with E-state index in [2.05, 4.69) is 59.5 Å². The van der Waals surface area contributed by atoms with Crippen LogP contribution in [0.3, 0.4) is 0 Å². The Hall–Kier alpha value is -4.49. The molecule has 41 heavy (non-hydrogen) atoms. The molecule has 0 radical (unpaired) electrons. The zero-order chi connectivity index (χ0) is 28.6. The number of anilines is 3. The van der Waals surface area contributed by atoms with E-state index in [-0.39, 0.29) is 17.0 Å². The van der Waals surface area contributed by atoms with Crippen molar-refractivity contribution in [3.05, 3.63) is 54.4 Å². The third-order valence-electron chi connectivity index (χ3n) is 7.18. The first kappa shape index (κ1) is 26.7. The van der Waals surface area contributed by atoms with Crippen LogP contribution >= 0.6 is 0 Å². The molecule has 13 nitrogen and oxygen atoms in total. The van der Waals surface area contributed by atoms with Crippen LogP contribution in [0, 0.1) is 12.3 Å². The Bertz CT molecular complexity index is 1590. The van der Waals surface area contributed by atoms with Crippen LogP contribution in [0.15, 0.2) is 43.0 Å². The molecule has 2 aliphatic rings. The van der Waals surface area contributed by atoms with E-state index in [4.69, 9.17) is 4.74 Å². The van der Waals surface area contributed by atoms with Crippen molar-refractivity contribution in [1.29, 1.82) is 0 Å². The molecule has 0 aliphatic carbocycles. The largest absolute Gasteiger partial charge is 0.378 e. The average molecular weight is 557 g/mol. The van der Waals surface area contributed by atoms with E-state index in [1.54, 1.807) is 48.4 Å². The third-order valence-corrected chi connectivity index (χ3v) is 7.18. The first-order chi connectivity index (χ1) is 19.7. The van der Waals surface area contributed by atoms with Crippen molar-refractivity contribution < 1.29 is 14.3 Å². The van der Waals surface area contributed by atoms with Gasteiger partial charge in [-0.2, -0.15) is 0 Å². The number of rotatable bonds is 7.